The molecule has 84 valence electrons. The van der Waals surface area contributed by atoms with Crippen LogP contribution in [0.25, 0.3) is 0 Å². The fraction of sp³-hybridized carbons (Fsp3) is 1.00. The van der Waals surface area contributed by atoms with E-state index in [9.17, 15) is 0 Å². The highest BCUT2D eigenvalue weighted by atomic mass is 16.5. The Morgan fingerprint density at radius 3 is 1.62 bits per heavy atom. The molecule has 0 aromatic heterocycles. The normalized spacial score (nSPS) is 9.69. The summed E-state index contributed by atoms with van der Waals surface area (Å²) in [5.41, 5.74) is 0.0417. The van der Waals surface area contributed by atoms with Gasteiger partial charge in [-0.05, 0) is 27.2 Å². The Hall–Kier alpha value is -0.120. The van der Waals surface area contributed by atoms with Crippen molar-refractivity contribution in [3.8, 4) is 0 Å². The number of hydrogen-bond acceptors (Lipinski definition) is 2. The van der Waals surface area contributed by atoms with Gasteiger partial charge in [-0.15, -0.1) is 0 Å². The zero-order valence-corrected chi connectivity index (χ0v) is 9.68. The molecule has 0 amide bonds. The second-order valence-electron chi connectivity index (χ2n) is 3.75. The summed E-state index contributed by atoms with van der Waals surface area (Å²) in [6.07, 6.45) is 3.33. The summed E-state index contributed by atoms with van der Waals surface area (Å²) in [6.45, 7) is 8.54. The van der Waals surface area contributed by atoms with E-state index in [1.54, 1.807) is 7.11 Å². The molecule has 0 spiro atoms. The summed E-state index contributed by atoms with van der Waals surface area (Å²) in [5.74, 6) is 0. The fourth-order valence-electron chi connectivity index (χ4n) is 0.362. The maximum Gasteiger partial charge on any atom is 0.0594 e. The number of hydrogen-bond donors (Lipinski definition) is 1. The first kappa shape index (κ1) is 18.6. The standard InChI is InChI=1S/2C5H12O.H2O/c1-5(2,3)6-4;1-2-3-4-5-6;/h1-4H3;6H,2-5H2,1H3;1H2. The maximum atomic E-state index is 8.20. The summed E-state index contributed by atoms with van der Waals surface area (Å²) < 4.78 is 4.94. The second kappa shape index (κ2) is 11.9. The first-order valence-electron chi connectivity index (χ1n) is 4.64. The van der Waals surface area contributed by atoms with E-state index in [-0.39, 0.29) is 11.1 Å². The van der Waals surface area contributed by atoms with Gasteiger partial charge < -0.3 is 15.3 Å². The van der Waals surface area contributed by atoms with Crippen molar-refractivity contribution in [1.29, 1.82) is 0 Å². The zero-order chi connectivity index (χ0) is 10.0. The van der Waals surface area contributed by atoms with Crippen molar-refractivity contribution < 1.29 is 15.3 Å². The van der Waals surface area contributed by atoms with Gasteiger partial charge in [-0.25, -0.2) is 0 Å². The van der Waals surface area contributed by atoms with Gasteiger partial charge in [-0.3, -0.25) is 0 Å². The van der Waals surface area contributed by atoms with Crippen LogP contribution in [0.4, 0.5) is 0 Å². The number of rotatable bonds is 3. The minimum absolute atomic E-state index is 0. The third-order valence-electron chi connectivity index (χ3n) is 1.37. The Bertz CT molecular complexity index is 72.7. The van der Waals surface area contributed by atoms with Gasteiger partial charge in [-0.1, -0.05) is 19.8 Å². The smallest absolute Gasteiger partial charge is 0.0594 e. The Labute approximate surface area is 82.4 Å². The lowest BCUT2D eigenvalue weighted by Crippen LogP contribution is -2.15. The molecule has 0 aromatic carbocycles. The number of methoxy groups -OCH3 is 1. The Balaban J connectivity index is -0.000000143. The van der Waals surface area contributed by atoms with E-state index in [1.807, 2.05) is 20.8 Å². The van der Waals surface area contributed by atoms with Gasteiger partial charge in [-0.2, -0.15) is 0 Å². The van der Waals surface area contributed by atoms with Crippen molar-refractivity contribution in [2.45, 2.75) is 52.6 Å². The van der Waals surface area contributed by atoms with Crippen LogP contribution in [0, 0.1) is 0 Å². The Morgan fingerprint density at radius 2 is 1.54 bits per heavy atom. The molecule has 0 aliphatic rings. The maximum absolute atomic E-state index is 8.20. The lowest BCUT2D eigenvalue weighted by Gasteiger charge is -2.14. The lowest BCUT2D eigenvalue weighted by molar-refractivity contribution is 0.0397. The van der Waals surface area contributed by atoms with E-state index in [2.05, 4.69) is 6.92 Å². The monoisotopic (exact) mass is 194 g/mol. The molecule has 3 nitrogen and oxygen atoms in total. The topological polar surface area (TPSA) is 61.0 Å². The van der Waals surface area contributed by atoms with Crippen molar-refractivity contribution in [2.24, 2.45) is 0 Å². The summed E-state index contributed by atoms with van der Waals surface area (Å²) in [5, 5.41) is 8.20. The lowest BCUT2D eigenvalue weighted by atomic mass is 10.2. The van der Waals surface area contributed by atoms with Gasteiger partial charge in [0, 0.05) is 13.7 Å². The van der Waals surface area contributed by atoms with Crippen molar-refractivity contribution >= 4 is 0 Å². The van der Waals surface area contributed by atoms with E-state index < -0.39 is 0 Å². The minimum atomic E-state index is 0. The van der Waals surface area contributed by atoms with Crippen LogP contribution in [0.1, 0.15) is 47.0 Å². The molecular formula is C10H26O3. The van der Waals surface area contributed by atoms with Crippen molar-refractivity contribution in [3.63, 3.8) is 0 Å². The van der Waals surface area contributed by atoms with Crippen LogP contribution >= 0.6 is 0 Å². The van der Waals surface area contributed by atoms with E-state index in [0.29, 0.717) is 6.61 Å². The molecular weight excluding hydrogens is 168 g/mol. The molecule has 0 heterocycles. The highest BCUT2D eigenvalue weighted by Gasteiger charge is 2.03. The van der Waals surface area contributed by atoms with Crippen LogP contribution in [0.15, 0.2) is 0 Å². The molecule has 0 saturated heterocycles. The molecule has 0 aliphatic heterocycles. The van der Waals surface area contributed by atoms with Gasteiger partial charge in [0.1, 0.15) is 0 Å². The first-order chi connectivity index (χ1) is 5.47. The number of unbranched alkanes of at least 4 members (excludes halogenated alkanes) is 2. The summed E-state index contributed by atoms with van der Waals surface area (Å²) in [6, 6.07) is 0. The molecule has 0 saturated carbocycles. The summed E-state index contributed by atoms with van der Waals surface area (Å²) in [7, 11) is 1.71. The zero-order valence-electron chi connectivity index (χ0n) is 9.68. The molecule has 0 bridgehead atoms. The fourth-order valence-corrected chi connectivity index (χ4v) is 0.362. The molecule has 0 rings (SSSR count). The molecule has 0 aromatic rings. The van der Waals surface area contributed by atoms with Gasteiger partial charge in [0.05, 0.1) is 5.60 Å². The molecule has 13 heavy (non-hydrogen) atoms. The first-order valence-corrected chi connectivity index (χ1v) is 4.64. The van der Waals surface area contributed by atoms with E-state index in [1.165, 1.54) is 6.42 Å². The third kappa shape index (κ3) is 33.5. The van der Waals surface area contributed by atoms with E-state index in [4.69, 9.17) is 9.84 Å². The summed E-state index contributed by atoms with van der Waals surface area (Å²) >= 11 is 0. The largest absolute Gasteiger partial charge is 0.412 e. The second-order valence-corrected chi connectivity index (χ2v) is 3.75. The van der Waals surface area contributed by atoms with Gasteiger partial charge in [0.25, 0.3) is 0 Å². The Kier molecular flexibility index (Phi) is 17.0. The third-order valence-corrected chi connectivity index (χ3v) is 1.37. The van der Waals surface area contributed by atoms with E-state index in [0.717, 1.165) is 12.8 Å². The van der Waals surface area contributed by atoms with Gasteiger partial charge in [0.2, 0.25) is 0 Å². The van der Waals surface area contributed by atoms with Crippen LogP contribution < -0.4 is 0 Å². The SMILES string of the molecule is CCCCCO.COC(C)(C)C.O. The Morgan fingerprint density at radius 1 is 1.15 bits per heavy atom. The highest BCUT2D eigenvalue weighted by molar-refractivity contribution is 4.55. The molecule has 0 radical (unpaired) electrons. The van der Waals surface area contributed by atoms with Gasteiger partial charge in [0.15, 0.2) is 0 Å². The van der Waals surface area contributed by atoms with Crippen LogP contribution in [0.2, 0.25) is 0 Å². The number of aliphatic hydroxyl groups is 1. The predicted molar refractivity (Wildman–Crippen MR) is 57.0 cm³/mol. The van der Waals surface area contributed by atoms with Crippen LogP contribution in [0.3, 0.4) is 0 Å². The van der Waals surface area contributed by atoms with Crippen molar-refractivity contribution in [3.05, 3.63) is 0 Å². The van der Waals surface area contributed by atoms with Crippen molar-refractivity contribution in [1.82, 2.24) is 0 Å². The molecule has 0 aliphatic carbocycles. The van der Waals surface area contributed by atoms with Gasteiger partial charge >= 0.3 is 0 Å². The molecule has 3 heteroatoms. The minimum Gasteiger partial charge on any atom is -0.412 e. The average molecular weight is 194 g/mol. The van der Waals surface area contributed by atoms with Crippen molar-refractivity contribution in [2.75, 3.05) is 13.7 Å². The molecule has 0 atom stereocenters. The van der Waals surface area contributed by atoms with Crippen LogP contribution in [0.5, 0.6) is 0 Å². The molecule has 3 N–H and O–H groups in total. The predicted octanol–water partition coefficient (Wildman–Crippen LogP) is 1.78. The molecule has 0 unspecified atom stereocenters. The summed E-state index contributed by atoms with van der Waals surface area (Å²) in [4.78, 5) is 0. The quantitative estimate of drug-likeness (QED) is 0.696. The number of aliphatic hydroxyl groups excluding tert-OH is 1. The van der Waals surface area contributed by atoms with Crippen LogP contribution in [-0.2, 0) is 4.74 Å². The van der Waals surface area contributed by atoms with E-state index >= 15 is 0 Å². The highest BCUT2D eigenvalue weighted by Crippen LogP contribution is 2.02. The average Bonchev–Trinajstić information content (AvgIpc) is 2.01. The molecule has 0 fully saturated rings. The van der Waals surface area contributed by atoms with Crippen LogP contribution in [-0.4, -0.2) is 29.9 Å². The number of ether oxygens (including phenoxy) is 1.